The van der Waals surface area contributed by atoms with E-state index in [4.69, 9.17) is 8.85 Å². The first-order valence-electron chi connectivity index (χ1n) is 7.88. The van der Waals surface area contributed by atoms with Gasteiger partial charge in [0.15, 0.2) is 0 Å². The summed E-state index contributed by atoms with van der Waals surface area (Å²) in [6.45, 7) is 8.37. The van der Waals surface area contributed by atoms with E-state index < -0.39 is 8.72 Å². The third-order valence-corrected chi connectivity index (χ3v) is 7.56. The van der Waals surface area contributed by atoms with Crippen molar-refractivity contribution in [3.8, 4) is 0 Å². The SMILES string of the molecule is CCO[Si]1(OCC)CCCN1CCN=Cc1ccccc1. The summed E-state index contributed by atoms with van der Waals surface area (Å²) >= 11 is 0. The van der Waals surface area contributed by atoms with E-state index in [-0.39, 0.29) is 0 Å². The van der Waals surface area contributed by atoms with Crippen LogP contribution in [0.25, 0.3) is 0 Å². The molecule has 1 aromatic rings. The van der Waals surface area contributed by atoms with Crippen LogP contribution >= 0.6 is 0 Å². The highest BCUT2D eigenvalue weighted by atomic mass is 28.4. The van der Waals surface area contributed by atoms with Crippen LogP contribution in [-0.4, -0.2) is 52.4 Å². The predicted molar refractivity (Wildman–Crippen MR) is 88.9 cm³/mol. The van der Waals surface area contributed by atoms with Gasteiger partial charge < -0.3 is 8.85 Å². The topological polar surface area (TPSA) is 34.1 Å². The standard InChI is InChI=1S/C16H26N2O2Si/c1-3-19-21(20-4-2)14-8-12-18(21)13-11-17-15-16-9-6-5-7-10-16/h5-7,9-10,15H,3-4,8,11-14H2,1-2H3. The minimum absolute atomic E-state index is 0.732. The van der Waals surface area contributed by atoms with Crippen LogP contribution in [0.3, 0.4) is 0 Å². The summed E-state index contributed by atoms with van der Waals surface area (Å²) in [7, 11) is -2.13. The molecule has 0 amide bonds. The molecule has 0 bridgehead atoms. The summed E-state index contributed by atoms with van der Waals surface area (Å²) in [4.78, 5) is 4.54. The predicted octanol–water partition coefficient (Wildman–Crippen LogP) is 2.82. The van der Waals surface area contributed by atoms with Crippen LogP contribution in [0.1, 0.15) is 25.8 Å². The second kappa shape index (κ2) is 8.43. The maximum atomic E-state index is 6.05. The van der Waals surface area contributed by atoms with Crippen molar-refractivity contribution in [2.45, 2.75) is 26.3 Å². The lowest BCUT2D eigenvalue weighted by molar-refractivity contribution is 0.138. The molecule has 4 nitrogen and oxygen atoms in total. The molecule has 0 saturated carbocycles. The van der Waals surface area contributed by atoms with Gasteiger partial charge in [-0.05, 0) is 32.4 Å². The molecule has 0 N–H and O–H groups in total. The van der Waals surface area contributed by atoms with Crippen molar-refractivity contribution in [2.24, 2.45) is 4.99 Å². The van der Waals surface area contributed by atoms with Crippen molar-refractivity contribution in [3.05, 3.63) is 35.9 Å². The van der Waals surface area contributed by atoms with Crippen molar-refractivity contribution in [3.63, 3.8) is 0 Å². The van der Waals surface area contributed by atoms with Gasteiger partial charge in [-0.1, -0.05) is 30.3 Å². The zero-order chi connectivity index (χ0) is 15.0. The average molecular weight is 306 g/mol. The average Bonchev–Trinajstić information content (AvgIpc) is 2.88. The molecule has 1 aliphatic rings. The fraction of sp³-hybridized carbons (Fsp3) is 0.562. The molecule has 0 atom stereocenters. The first-order valence-corrected chi connectivity index (χ1v) is 9.85. The fourth-order valence-electron chi connectivity index (χ4n) is 2.81. The van der Waals surface area contributed by atoms with Crippen LogP contribution < -0.4 is 0 Å². The van der Waals surface area contributed by atoms with Gasteiger partial charge in [0.2, 0.25) is 0 Å². The molecular formula is C16H26N2O2Si. The maximum absolute atomic E-state index is 6.05. The Morgan fingerprint density at radius 1 is 1.19 bits per heavy atom. The highest BCUT2D eigenvalue weighted by Gasteiger charge is 2.48. The number of rotatable bonds is 8. The lowest BCUT2D eigenvalue weighted by Crippen LogP contribution is -2.55. The molecule has 0 aliphatic carbocycles. The Bertz CT molecular complexity index is 433. The summed E-state index contributed by atoms with van der Waals surface area (Å²) in [5, 5.41) is 0. The van der Waals surface area contributed by atoms with Gasteiger partial charge in [-0.15, -0.1) is 0 Å². The third-order valence-electron chi connectivity index (χ3n) is 3.68. The quantitative estimate of drug-likeness (QED) is 0.547. The Hall–Kier alpha value is -1.01. The smallest absolute Gasteiger partial charge is 0.383 e. The van der Waals surface area contributed by atoms with Gasteiger partial charge in [0.1, 0.15) is 0 Å². The Labute approximate surface area is 129 Å². The van der Waals surface area contributed by atoms with E-state index in [0.717, 1.165) is 44.5 Å². The zero-order valence-corrected chi connectivity index (χ0v) is 14.1. The second-order valence-corrected chi connectivity index (χ2v) is 8.25. The van der Waals surface area contributed by atoms with Crippen LogP contribution in [0.15, 0.2) is 35.3 Å². The molecule has 0 spiro atoms. The first kappa shape index (κ1) is 16.4. The molecule has 0 unspecified atom stereocenters. The van der Waals surface area contributed by atoms with Crippen molar-refractivity contribution >= 4 is 14.9 Å². The van der Waals surface area contributed by atoms with Crippen LogP contribution in [-0.2, 0) is 8.85 Å². The van der Waals surface area contributed by atoms with Crippen molar-refractivity contribution in [2.75, 3.05) is 32.8 Å². The van der Waals surface area contributed by atoms with Crippen LogP contribution in [0.2, 0.25) is 6.04 Å². The van der Waals surface area contributed by atoms with Crippen molar-refractivity contribution < 1.29 is 8.85 Å². The fourth-order valence-corrected chi connectivity index (χ4v) is 6.31. The lowest BCUT2D eigenvalue weighted by atomic mass is 10.2. The van der Waals surface area contributed by atoms with Crippen LogP contribution in [0, 0.1) is 0 Å². The van der Waals surface area contributed by atoms with E-state index in [1.807, 2.05) is 24.4 Å². The lowest BCUT2D eigenvalue weighted by Gasteiger charge is -2.33. The normalized spacial score (nSPS) is 18.6. The molecule has 2 rings (SSSR count). The van der Waals surface area contributed by atoms with E-state index in [9.17, 15) is 0 Å². The molecule has 1 fully saturated rings. The van der Waals surface area contributed by atoms with Gasteiger partial charge in [-0.3, -0.25) is 9.56 Å². The minimum atomic E-state index is -2.13. The van der Waals surface area contributed by atoms with E-state index in [0.29, 0.717) is 0 Å². The molecule has 1 saturated heterocycles. The first-order chi connectivity index (χ1) is 10.3. The van der Waals surface area contributed by atoms with Gasteiger partial charge in [-0.2, -0.15) is 0 Å². The molecular weight excluding hydrogens is 280 g/mol. The van der Waals surface area contributed by atoms with Gasteiger partial charge in [0, 0.05) is 32.0 Å². The van der Waals surface area contributed by atoms with Crippen LogP contribution in [0.5, 0.6) is 0 Å². The molecule has 1 aromatic carbocycles. The second-order valence-electron chi connectivity index (χ2n) is 5.12. The molecule has 21 heavy (non-hydrogen) atoms. The van der Waals surface area contributed by atoms with Gasteiger partial charge in [0.05, 0.1) is 6.54 Å². The highest BCUT2D eigenvalue weighted by Crippen LogP contribution is 2.27. The Kier molecular flexibility index (Phi) is 6.57. The zero-order valence-electron chi connectivity index (χ0n) is 13.1. The van der Waals surface area contributed by atoms with Gasteiger partial charge in [0.25, 0.3) is 0 Å². The number of hydrogen-bond acceptors (Lipinski definition) is 4. The van der Waals surface area contributed by atoms with Gasteiger partial charge >= 0.3 is 8.72 Å². The number of nitrogens with zero attached hydrogens (tertiary/aromatic N) is 2. The summed E-state index contributed by atoms with van der Waals surface area (Å²) in [5.41, 5.74) is 1.15. The number of aliphatic imine (C=N–C) groups is 1. The maximum Gasteiger partial charge on any atom is 0.427 e. The molecule has 1 heterocycles. The Morgan fingerprint density at radius 2 is 1.90 bits per heavy atom. The van der Waals surface area contributed by atoms with Crippen LogP contribution in [0.4, 0.5) is 0 Å². The molecule has 0 aromatic heterocycles. The third kappa shape index (κ3) is 4.48. The van der Waals surface area contributed by atoms with E-state index in [1.165, 1.54) is 6.42 Å². The van der Waals surface area contributed by atoms with E-state index in [2.05, 4.69) is 35.5 Å². The Balaban J connectivity index is 1.87. The van der Waals surface area contributed by atoms with Crippen molar-refractivity contribution in [1.29, 1.82) is 0 Å². The monoisotopic (exact) mass is 306 g/mol. The van der Waals surface area contributed by atoms with E-state index >= 15 is 0 Å². The van der Waals surface area contributed by atoms with Crippen molar-refractivity contribution in [1.82, 2.24) is 4.57 Å². The molecule has 5 heteroatoms. The largest absolute Gasteiger partial charge is 0.427 e. The minimum Gasteiger partial charge on any atom is -0.383 e. The molecule has 116 valence electrons. The molecule has 0 radical (unpaired) electrons. The summed E-state index contributed by atoms with van der Waals surface area (Å²) in [6.07, 6.45) is 3.12. The summed E-state index contributed by atoms with van der Waals surface area (Å²) in [5.74, 6) is 0. The summed E-state index contributed by atoms with van der Waals surface area (Å²) < 4.78 is 14.5. The summed E-state index contributed by atoms with van der Waals surface area (Å²) in [6, 6.07) is 11.3. The number of hydrogen-bond donors (Lipinski definition) is 0. The number of benzene rings is 1. The Morgan fingerprint density at radius 3 is 2.57 bits per heavy atom. The highest BCUT2D eigenvalue weighted by molar-refractivity contribution is 6.65. The van der Waals surface area contributed by atoms with E-state index in [1.54, 1.807) is 0 Å². The molecule has 1 aliphatic heterocycles. The van der Waals surface area contributed by atoms with Gasteiger partial charge in [-0.25, -0.2) is 0 Å².